The molecule has 0 aromatic carbocycles. The lowest BCUT2D eigenvalue weighted by Gasteiger charge is -2.16. The molecule has 0 rings (SSSR count). The van der Waals surface area contributed by atoms with Crippen LogP contribution in [0.25, 0.3) is 0 Å². The van der Waals surface area contributed by atoms with Crippen molar-refractivity contribution >= 4 is 34.9 Å². The number of carbonyl (C=O) groups excluding carboxylic acids is 1. The molecule has 2 atom stereocenters. The van der Waals surface area contributed by atoms with E-state index in [1.165, 1.54) is 0 Å². The first-order valence-electron chi connectivity index (χ1n) is 5.58. The van der Waals surface area contributed by atoms with Crippen LogP contribution < -0.4 is 11.1 Å². The van der Waals surface area contributed by atoms with Gasteiger partial charge in [0.2, 0.25) is 5.91 Å². The van der Waals surface area contributed by atoms with Crippen molar-refractivity contribution in [2.75, 3.05) is 18.6 Å². The van der Waals surface area contributed by atoms with E-state index in [0.717, 1.165) is 18.6 Å². The standard InChI is InChI=1S/C11H22N2OS2/c1-4-5-9(10(12)15)11(14)13-6-8(2)7-16-3/h8-9H,4-7H2,1-3H3,(H2,12,15)(H,13,14). The van der Waals surface area contributed by atoms with Crippen LogP contribution in [-0.2, 0) is 4.79 Å². The van der Waals surface area contributed by atoms with Gasteiger partial charge in [0.1, 0.15) is 0 Å². The van der Waals surface area contributed by atoms with Gasteiger partial charge in [0, 0.05) is 6.54 Å². The first-order chi connectivity index (χ1) is 7.52. The third-order valence-electron chi connectivity index (χ3n) is 2.31. The number of nitrogens with one attached hydrogen (secondary N) is 1. The smallest absolute Gasteiger partial charge is 0.229 e. The van der Waals surface area contributed by atoms with Gasteiger partial charge >= 0.3 is 0 Å². The Morgan fingerprint density at radius 3 is 2.62 bits per heavy atom. The van der Waals surface area contributed by atoms with Crippen molar-refractivity contribution in [3.05, 3.63) is 0 Å². The molecule has 94 valence electrons. The van der Waals surface area contributed by atoms with Crippen LogP contribution >= 0.6 is 24.0 Å². The highest BCUT2D eigenvalue weighted by Crippen LogP contribution is 2.08. The van der Waals surface area contributed by atoms with Crippen molar-refractivity contribution in [2.45, 2.75) is 26.7 Å². The van der Waals surface area contributed by atoms with E-state index in [1.807, 2.05) is 6.92 Å². The lowest BCUT2D eigenvalue weighted by atomic mass is 10.0. The average Bonchev–Trinajstić information content (AvgIpc) is 2.22. The summed E-state index contributed by atoms with van der Waals surface area (Å²) in [4.78, 5) is 12.1. The number of hydrogen-bond acceptors (Lipinski definition) is 3. The molecule has 0 aromatic heterocycles. The van der Waals surface area contributed by atoms with Gasteiger partial charge in [-0.05, 0) is 24.3 Å². The van der Waals surface area contributed by atoms with E-state index >= 15 is 0 Å². The van der Waals surface area contributed by atoms with E-state index in [-0.39, 0.29) is 11.8 Å². The number of carbonyl (C=O) groups is 1. The molecule has 0 aromatic rings. The highest BCUT2D eigenvalue weighted by Gasteiger charge is 2.20. The molecule has 0 fully saturated rings. The van der Waals surface area contributed by atoms with Crippen LogP contribution in [0.5, 0.6) is 0 Å². The number of thioether (sulfide) groups is 1. The molecule has 0 radical (unpaired) electrons. The molecule has 3 N–H and O–H groups in total. The molecule has 0 saturated carbocycles. The van der Waals surface area contributed by atoms with Crippen molar-refractivity contribution in [1.29, 1.82) is 0 Å². The SMILES string of the molecule is CCCC(C(=O)NCC(C)CSC)C(N)=S. The fourth-order valence-electron chi connectivity index (χ4n) is 1.43. The van der Waals surface area contributed by atoms with Crippen LogP contribution in [0.2, 0.25) is 0 Å². The number of rotatable bonds is 8. The maximum Gasteiger partial charge on any atom is 0.229 e. The highest BCUT2D eigenvalue weighted by atomic mass is 32.2. The van der Waals surface area contributed by atoms with Crippen LogP contribution in [0.1, 0.15) is 26.7 Å². The van der Waals surface area contributed by atoms with Gasteiger partial charge in [-0.3, -0.25) is 4.79 Å². The summed E-state index contributed by atoms with van der Waals surface area (Å²) < 4.78 is 0. The molecular weight excluding hydrogens is 240 g/mol. The lowest BCUT2D eigenvalue weighted by Crippen LogP contribution is -2.39. The Morgan fingerprint density at radius 1 is 1.56 bits per heavy atom. The van der Waals surface area contributed by atoms with Crippen LogP contribution in [0.4, 0.5) is 0 Å². The number of thiocarbonyl (C=S) groups is 1. The third kappa shape index (κ3) is 6.33. The summed E-state index contributed by atoms with van der Waals surface area (Å²) in [6.45, 7) is 4.84. The summed E-state index contributed by atoms with van der Waals surface area (Å²) in [6, 6.07) is 0. The third-order valence-corrected chi connectivity index (χ3v) is 3.50. The van der Waals surface area contributed by atoms with E-state index in [4.69, 9.17) is 18.0 Å². The van der Waals surface area contributed by atoms with Crippen LogP contribution in [0, 0.1) is 11.8 Å². The average molecular weight is 262 g/mol. The Labute approximate surface area is 108 Å². The van der Waals surface area contributed by atoms with E-state index < -0.39 is 0 Å². The monoisotopic (exact) mass is 262 g/mol. The zero-order valence-electron chi connectivity index (χ0n) is 10.3. The maximum atomic E-state index is 11.8. The van der Waals surface area contributed by atoms with Gasteiger partial charge in [0.15, 0.2) is 0 Å². The number of hydrogen-bond donors (Lipinski definition) is 2. The molecule has 16 heavy (non-hydrogen) atoms. The second-order valence-electron chi connectivity index (χ2n) is 4.05. The highest BCUT2D eigenvalue weighted by molar-refractivity contribution is 7.98. The van der Waals surface area contributed by atoms with Gasteiger partial charge in [0.05, 0.1) is 10.9 Å². The molecule has 0 bridgehead atoms. The van der Waals surface area contributed by atoms with Crippen molar-refractivity contribution in [1.82, 2.24) is 5.32 Å². The Hall–Kier alpha value is -0.290. The topological polar surface area (TPSA) is 55.1 Å². The molecule has 2 unspecified atom stereocenters. The Balaban J connectivity index is 4.05. The maximum absolute atomic E-state index is 11.8. The second-order valence-corrected chi connectivity index (χ2v) is 5.43. The molecular formula is C11H22N2OS2. The largest absolute Gasteiger partial charge is 0.393 e. The molecule has 0 spiro atoms. The summed E-state index contributed by atoms with van der Waals surface area (Å²) in [7, 11) is 0. The molecule has 0 aliphatic heterocycles. The number of nitrogens with two attached hydrogens (primary N) is 1. The normalized spacial score (nSPS) is 14.2. The molecule has 0 saturated heterocycles. The fourth-order valence-corrected chi connectivity index (χ4v) is 2.34. The first kappa shape index (κ1) is 15.7. The Kier molecular flexibility index (Phi) is 8.66. The summed E-state index contributed by atoms with van der Waals surface area (Å²) in [5.74, 6) is 1.20. The van der Waals surface area contributed by atoms with Crippen molar-refractivity contribution in [3.8, 4) is 0 Å². The Morgan fingerprint density at radius 2 is 2.19 bits per heavy atom. The molecule has 0 heterocycles. The lowest BCUT2D eigenvalue weighted by molar-refractivity contribution is -0.123. The van der Waals surface area contributed by atoms with Crippen molar-refractivity contribution in [2.24, 2.45) is 17.6 Å². The first-order valence-corrected chi connectivity index (χ1v) is 7.39. The minimum atomic E-state index is -0.304. The van der Waals surface area contributed by atoms with Gasteiger partial charge in [-0.25, -0.2) is 0 Å². The molecule has 0 aliphatic carbocycles. The van der Waals surface area contributed by atoms with Crippen LogP contribution in [-0.4, -0.2) is 29.4 Å². The fraction of sp³-hybridized carbons (Fsp3) is 0.818. The van der Waals surface area contributed by atoms with E-state index in [1.54, 1.807) is 11.8 Å². The second kappa shape index (κ2) is 8.82. The zero-order chi connectivity index (χ0) is 12.6. The molecule has 0 aliphatic rings. The number of amides is 1. The predicted octanol–water partition coefficient (Wildman–Crippen LogP) is 1.80. The summed E-state index contributed by atoms with van der Waals surface area (Å²) in [5, 5.41) is 2.91. The van der Waals surface area contributed by atoms with Crippen molar-refractivity contribution < 1.29 is 4.79 Å². The van der Waals surface area contributed by atoms with E-state index in [9.17, 15) is 4.79 Å². The summed E-state index contributed by atoms with van der Waals surface area (Å²) in [6.07, 6.45) is 3.71. The van der Waals surface area contributed by atoms with Crippen LogP contribution in [0.3, 0.4) is 0 Å². The molecule has 5 heteroatoms. The minimum Gasteiger partial charge on any atom is -0.393 e. The van der Waals surface area contributed by atoms with E-state index in [2.05, 4.69) is 18.5 Å². The van der Waals surface area contributed by atoms with E-state index in [0.29, 0.717) is 17.5 Å². The molecule has 1 amide bonds. The van der Waals surface area contributed by atoms with Gasteiger partial charge < -0.3 is 11.1 Å². The van der Waals surface area contributed by atoms with Gasteiger partial charge in [-0.2, -0.15) is 11.8 Å². The van der Waals surface area contributed by atoms with Gasteiger partial charge in [-0.1, -0.05) is 32.5 Å². The van der Waals surface area contributed by atoms with Crippen molar-refractivity contribution in [3.63, 3.8) is 0 Å². The quantitative estimate of drug-likeness (QED) is 0.655. The Bertz CT molecular complexity index is 234. The zero-order valence-corrected chi connectivity index (χ0v) is 11.9. The van der Waals surface area contributed by atoms with Gasteiger partial charge in [0.25, 0.3) is 0 Å². The van der Waals surface area contributed by atoms with Crippen LogP contribution in [0.15, 0.2) is 0 Å². The molecule has 3 nitrogen and oxygen atoms in total. The predicted molar refractivity (Wildman–Crippen MR) is 75.7 cm³/mol. The summed E-state index contributed by atoms with van der Waals surface area (Å²) >= 11 is 6.69. The minimum absolute atomic E-state index is 0.0256. The summed E-state index contributed by atoms with van der Waals surface area (Å²) in [5.41, 5.74) is 5.56. The van der Waals surface area contributed by atoms with Gasteiger partial charge in [-0.15, -0.1) is 0 Å².